The molecule has 0 aliphatic rings. The molecule has 0 aliphatic carbocycles. The Morgan fingerprint density at radius 3 is 2.83 bits per heavy atom. The van der Waals surface area contributed by atoms with Gasteiger partial charge in [-0.05, 0) is 31.0 Å². The fourth-order valence-corrected chi connectivity index (χ4v) is 1.18. The first-order valence-corrected chi connectivity index (χ1v) is 4.21. The van der Waals surface area contributed by atoms with E-state index < -0.39 is 0 Å². The van der Waals surface area contributed by atoms with Gasteiger partial charge in [0.25, 0.3) is 0 Å². The molecule has 0 heterocycles. The Morgan fingerprint density at radius 1 is 1.50 bits per heavy atom. The summed E-state index contributed by atoms with van der Waals surface area (Å²) in [7, 11) is 0. The van der Waals surface area contributed by atoms with E-state index in [0.717, 1.165) is 12.0 Å². The molecule has 0 amide bonds. The van der Waals surface area contributed by atoms with Crippen LogP contribution in [-0.2, 0) is 6.42 Å². The van der Waals surface area contributed by atoms with Gasteiger partial charge in [0.15, 0.2) is 0 Å². The maximum Gasteiger partial charge on any atom is 0.0762 e. The summed E-state index contributed by atoms with van der Waals surface area (Å²) in [6.07, 6.45) is 0.489. The Hall–Kier alpha value is -0.860. The number of nitrogens with two attached hydrogens (primary N) is 1. The van der Waals surface area contributed by atoms with Crippen LogP contribution in [0.2, 0.25) is 0 Å². The summed E-state index contributed by atoms with van der Waals surface area (Å²) in [6.45, 7) is 2.42. The van der Waals surface area contributed by atoms with Gasteiger partial charge in [0.1, 0.15) is 0 Å². The average Bonchev–Trinajstić information content (AvgIpc) is 2.05. The second kappa shape index (κ2) is 4.24. The van der Waals surface area contributed by atoms with Gasteiger partial charge >= 0.3 is 0 Å². The Morgan fingerprint density at radius 2 is 2.25 bits per heavy atom. The van der Waals surface area contributed by atoms with Gasteiger partial charge in [-0.25, -0.2) is 0 Å². The second-order valence-corrected chi connectivity index (χ2v) is 2.96. The van der Waals surface area contributed by atoms with Crippen molar-refractivity contribution in [3.63, 3.8) is 0 Å². The van der Waals surface area contributed by atoms with Gasteiger partial charge in [-0.1, -0.05) is 24.3 Å². The van der Waals surface area contributed by atoms with Crippen molar-refractivity contribution in [3.8, 4) is 0 Å². The maximum absolute atomic E-state index is 9.29. The van der Waals surface area contributed by atoms with Crippen LogP contribution < -0.4 is 5.73 Å². The molecule has 1 atom stereocenters. The van der Waals surface area contributed by atoms with Crippen molar-refractivity contribution in [2.45, 2.75) is 19.4 Å². The molecule has 0 aliphatic heterocycles. The lowest BCUT2D eigenvalue weighted by Gasteiger charge is -2.06. The molecular weight excluding hydrogens is 150 g/mol. The summed E-state index contributed by atoms with van der Waals surface area (Å²) in [4.78, 5) is 0. The van der Waals surface area contributed by atoms with E-state index in [-0.39, 0.29) is 6.10 Å². The standard InChI is InChI=1S/C10H15NO/c1-8(12)10-4-2-3-9(7-10)5-6-11/h2-4,7-8,12H,5-6,11H2,1H3. The van der Waals surface area contributed by atoms with Gasteiger partial charge in [-0.2, -0.15) is 0 Å². The van der Waals surface area contributed by atoms with Gasteiger partial charge in [0.2, 0.25) is 0 Å². The van der Waals surface area contributed by atoms with E-state index in [1.165, 1.54) is 5.56 Å². The van der Waals surface area contributed by atoms with E-state index in [2.05, 4.69) is 0 Å². The molecule has 2 heteroatoms. The van der Waals surface area contributed by atoms with Gasteiger partial charge in [0.05, 0.1) is 6.10 Å². The zero-order chi connectivity index (χ0) is 8.97. The van der Waals surface area contributed by atoms with Crippen LogP contribution in [0.15, 0.2) is 24.3 Å². The number of hydrogen-bond donors (Lipinski definition) is 2. The number of hydrogen-bond acceptors (Lipinski definition) is 2. The predicted molar refractivity (Wildman–Crippen MR) is 49.8 cm³/mol. The van der Waals surface area contributed by atoms with Crippen LogP contribution in [0, 0.1) is 0 Å². The largest absolute Gasteiger partial charge is 0.389 e. The number of aliphatic hydroxyl groups excluding tert-OH is 1. The molecule has 1 unspecified atom stereocenters. The molecule has 0 fully saturated rings. The molecule has 1 aromatic carbocycles. The molecule has 12 heavy (non-hydrogen) atoms. The zero-order valence-electron chi connectivity index (χ0n) is 7.33. The van der Waals surface area contributed by atoms with Gasteiger partial charge < -0.3 is 10.8 Å². The molecule has 0 saturated carbocycles. The van der Waals surface area contributed by atoms with Gasteiger partial charge in [0, 0.05) is 0 Å². The third kappa shape index (κ3) is 2.32. The highest BCUT2D eigenvalue weighted by Crippen LogP contribution is 2.13. The topological polar surface area (TPSA) is 46.2 Å². The van der Waals surface area contributed by atoms with Crippen LogP contribution >= 0.6 is 0 Å². The van der Waals surface area contributed by atoms with Crippen molar-refractivity contribution in [1.29, 1.82) is 0 Å². The SMILES string of the molecule is CC(O)c1cccc(CCN)c1. The van der Waals surface area contributed by atoms with Crippen molar-refractivity contribution in [2.75, 3.05) is 6.54 Å². The van der Waals surface area contributed by atoms with E-state index in [1.807, 2.05) is 24.3 Å². The van der Waals surface area contributed by atoms with Crippen LogP contribution in [0.4, 0.5) is 0 Å². The minimum atomic E-state index is -0.386. The van der Waals surface area contributed by atoms with Crippen LogP contribution in [0.1, 0.15) is 24.2 Å². The minimum absolute atomic E-state index is 0.386. The zero-order valence-corrected chi connectivity index (χ0v) is 7.33. The lowest BCUT2D eigenvalue weighted by molar-refractivity contribution is 0.199. The van der Waals surface area contributed by atoms with Crippen molar-refractivity contribution < 1.29 is 5.11 Å². The highest BCUT2D eigenvalue weighted by atomic mass is 16.3. The van der Waals surface area contributed by atoms with Crippen molar-refractivity contribution in [1.82, 2.24) is 0 Å². The molecule has 0 spiro atoms. The van der Waals surface area contributed by atoms with Crippen molar-refractivity contribution in [3.05, 3.63) is 35.4 Å². The van der Waals surface area contributed by atoms with Gasteiger partial charge in [-0.15, -0.1) is 0 Å². The minimum Gasteiger partial charge on any atom is -0.389 e. The summed E-state index contributed by atoms with van der Waals surface area (Å²) < 4.78 is 0. The first kappa shape index (κ1) is 9.23. The average molecular weight is 165 g/mol. The highest BCUT2D eigenvalue weighted by Gasteiger charge is 2.00. The summed E-state index contributed by atoms with van der Waals surface area (Å²) in [5, 5.41) is 9.29. The normalized spacial score (nSPS) is 12.9. The van der Waals surface area contributed by atoms with Crippen LogP contribution in [0.5, 0.6) is 0 Å². The lowest BCUT2D eigenvalue weighted by atomic mass is 10.1. The summed E-state index contributed by atoms with van der Waals surface area (Å²) >= 11 is 0. The monoisotopic (exact) mass is 165 g/mol. The van der Waals surface area contributed by atoms with Crippen LogP contribution in [0.3, 0.4) is 0 Å². The molecule has 0 radical (unpaired) electrons. The predicted octanol–water partition coefficient (Wildman–Crippen LogP) is 1.24. The fourth-order valence-electron chi connectivity index (χ4n) is 1.18. The molecule has 2 nitrogen and oxygen atoms in total. The number of aliphatic hydroxyl groups is 1. The van der Waals surface area contributed by atoms with Crippen LogP contribution in [0.25, 0.3) is 0 Å². The highest BCUT2D eigenvalue weighted by molar-refractivity contribution is 5.24. The molecule has 1 aromatic rings. The summed E-state index contributed by atoms with van der Waals surface area (Å²) in [5.74, 6) is 0. The van der Waals surface area contributed by atoms with Gasteiger partial charge in [-0.3, -0.25) is 0 Å². The third-order valence-electron chi connectivity index (χ3n) is 1.87. The fraction of sp³-hybridized carbons (Fsp3) is 0.400. The second-order valence-electron chi connectivity index (χ2n) is 2.96. The number of rotatable bonds is 3. The Bertz CT molecular complexity index is 245. The quantitative estimate of drug-likeness (QED) is 0.708. The first-order valence-electron chi connectivity index (χ1n) is 4.21. The van der Waals surface area contributed by atoms with E-state index in [0.29, 0.717) is 6.54 Å². The molecule has 66 valence electrons. The van der Waals surface area contributed by atoms with Crippen molar-refractivity contribution in [2.24, 2.45) is 5.73 Å². The first-order chi connectivity index (χ1) is 5.74. The molecule has 0 aromatic heterocycles. The number of benzene rings is 1. The van der Waals surface area contributed by atoms with E-state index in [9.17, 15) is 5.11 Å². The Balaban J connectivity index is 2.81. The summed E-state index contributed by atoms with van der Waals surface area (Å²) in [5.41, 5.74) is 7.57. The molecule has 0 saturated heterocycles. The van der Waals surface area contributed by atoms with E-state index in [4.69, 9.17) is 5.73 Å². The molecular formula is C10H15NO. The van der Waals surface area contributed by atoms with E-state index in [1.54, 1.807) is 6.92 Å². The summed E-state index contributed by atoms with van der Waals surface area (Å²) in [6, 6.07) is 7.90. The lowest BCUT2D eigenvalue weighted by Crippen LogP contribution is -2.03. The van der Waals surface area contributed by atoms with Crippen LogP contribution in [-0.4, -0.2) is 11.7 Å². The molecule has 1 rings (SSSR count). The molecule has 0 bridgehead atoms. The Labute approximate surface area is 73.0 Å². The smallest absolute Gasteiger partial charge is 0.0762 e. The Kier molecular flexibility index (Phi) is 3.26. The van der Waals surface area contributed by atoms with Crippen molar-refractivity contribution >= 4 is 0 Å². The third-order valence-corrected chi connectivity index (χ3v) is 1.87. The van der Waals surface area contributed by atoms with E-state index >= 15 is 0 Å². The maximum atomic E-state index is 9.29. The molecule has 3 N–H and O–H groups in total.